The lowest BCUT2D eigenvalue weighted by molar-refractivity contribution is -0.124. The van der Waals surface area contributed by atoms with Gasteiger partial charge in [0.25, 0.3) is 0 Å². The van der Waals surface area contributed by atoms with Gasteiger partial charge in [-0.2, -0.15) is 5.26 Å². The van der Waals surface area contributed by atoms with Crippen LogP contribution >= 0.6 is 0 Å². The van der Waals surface area contributed by atoms with Gasteiger partial charge in [-0.25, -0.2) is 0 Å². The number of methoxy groups -OCH3 is 1. The second-order valence-electron chi connectivity index (χ2n) is 5.15. The number of hydrogen-bond donors (Lipinski definition) is 0. The first-order chi connectivity index (χ1) is 8.52. The summed E-state index contributed by atoms with van der Waals surface area (Å²) in [5.74, 6) is 1.10. The Morgan fingerprint density at radius 1 is 1.56 bits per heavy atom. The minimum Gasteiger partial charge on any atom is -0.497 e. The molecule has 0 saturated heterocycles. The van der Waals surface area contributed by atoms with Crippen LogP contribution in [0.15, 0.2) is 18.2 Å². The van der Waals surface area contributed by atoms with Crippen molar-refractivity contribution in [3.05, 3.63) is 29.3 Å². The number of nitrogens with zero attached hydrogens (tertiary/aromatic N) is 1. The predicted molar refractivity (Wildman–Crippen MR) is 68.6 cm³/mol. The van der Waals surface area contributed by atoms with Crippen molar-refractivity contribution in [3.8, 4) is 11.8 Å². The number of rotatable bonds is 2. The average Bonchev–Trinajstić information content (AvgIpc) is 2.36. The number of Topliss-reactive ketones (excluding diaryl/α,β-unsaturated/α-hetero) is 1. The van der Waals surface area contributed by atoms with Gasteiger partial charge in [0.15, 0.2) is 0 Å². The molecule has 0 radical (unpaired) electrons. The highest BCUT2D eigenvalue weighted by molar-refractivity contribution is 5.93. The first kappa shape index (κ1) is 12.6. The summed E-state index contributed by atoms with van der Waals surface area (Å²) in [6, 6.07) is 7.97. The van der Waals surface area contributed by atoms with Gasteiger partial charge < -0.3 is 4.74 Å². The summed E-state index contributed by atoms with van der Waals surface area (Å²) in [5.41, 5.74) is 1.42. The minimum atomic E-state index is -0.689. The topological polar surface area (TPSA) is 50.1 Å². The van der Waals surface area contributed by atoms with Crippen LogP contribution in [0.1, 0.15) is 43.7 Å². The molecule has 94 valence electrons. The molecule has 2 unspecified atom stereocenters. The fourth-order valence-corrected chi connectivity index (χ4v) is 2.69. The second-order valence-corrected chi connectivity index (χ2v) is 5.15. The zero-order chi connectivity index (χ0) is 13.3. The molecule has 0 aliphatic heterocycles. The first-order valence-electron chi connectivity index (χ1n) is 6.11. The Balaban J connectivity index is 2.63. The second kappa shape index (κ2) is 4.45. The first-order valence-corrected chi connectivity index (χ1v) is 6.11. The molecule has 1 aliphatic carbocycles. The molecule has 18 heavy (non-hydrogen) atoms. The Morgan fingerprint density at radius 2 is 2.28 bits per heavy atom. The lowest BCUT2D eigenvalue weighted by atomic mass is 9.66. The number of ketones is 1. The molecule has 0 fully saturated rings. The number of carbonyl (C=O) groups excluding carboxylic acids is 1. The van der Waals surface area contributed by atoms with Crippen molar-refractivity contribution in [2.75, 3.05) is 7.11 Å². The van der Waals surface area contributed by atoms with Crippen molar-refractivity contribution in [2.45, 2.75) is 38.0 Å². The van der Waals surface area contributed by atoms with Crippen LogP contribution in [0, 0.1) is 11.3 Å². The largest absolute Gasteiger partial charge is 0.497 e. The summed E-state index contributed by atoms with van der Waals surface area (Å²) >= 11 is 0. The predicted octanol–water partition coefficient (Wildman–Crippen LogP) is 2.94. The lowest BCUT2D eigenvalue weighted by Gasteiger charge is -2.36. The minimum absolute atomic E-state index is 0.150. The van der Waals surface area contributed by atoms with Gasteiger partial charge in [0, 0.05) is 6.42 Å². The summed E-state index contributed by atoms with van der Waals surface area (Å²) in [4.78, 5) is 12.3. The molecule has 0 bridgehead atoms. The van der Waals surface area contributed by atoms with Gasteiger partial charge in [-0.05, 0) is 36.1 Å². The number of ether oxygens (including phenoxy) is 1. The molecule has 0 N–H and O–H groups in total. The van der Waals surface area contributed by atoms with E-state index in [0.717, 1.165) is 16.9 Å². The fourth-order valence-electron chi connectivity index (χ4n) is 2.69. The van der Waals surface area contributed by atoms with Gasteiger partial charge in [0.2, 0.25) is 0 Å². The highest BCUT2D eigenvalue weighted by atomic mass is 16.5. The van der Waals surface area contributed by atoms with E-state index in [0.29, 0.717) is 6.42 Å². The van der Waals surface area contributed by atoms with Gasteiger partial charge in [0.1, 0.15) is 11.5 Å². The van der Waals surface area contributed by atoms with Gasteiger partial charge in [-0.15, -0.1) is 0 Å². The van der Waals surface area contributed by atoms with E-state index in [4.69, 9.17) is 10.00 Å². The average molecular weight is 243 g/mol. The smallest absolute Gasteiger partial charge is 0.144 e. The molecular weight excluding hydrogens is 226 g/mol. The van der Waals surface area contributed by atoms with Crippen LogP contribution in [-0.2, 0) is 10.2 Å². The van der Waals surface area contributed by atoms with Crippen LogP contribution in [-0.4, -0.2) is 12.9 Å². The quantitative estimate of drug-likeness (QED) is 0.802. The van der Waals surface area contributed by atoms with Crippen LogP contribution in [0.5, 0.6) is 5.75 Å². The third-order valence-corrected chi connectivity index (χ3v) is 3.93. The molecular formula is C15H17NO2. The van der Waals surface area contributed by atoms with Crippen molar-refractivity contribution in [3.63, 3.8) is 0 Å². The Kier molecular flexibility index (Phi) is 3.13. The van der Waals surface area contributed by atoms with Crippen molar-refractivity contribution >= 4 is 5.78 Å². The molecule has 2 rings (SSSR count). The Morgan fingerprint density at radius 3 is 2.89 bits per heavy atom. The molecule has 1 aliphatic rings. The van der Waals surface area contributed by atoms with Gasteiger partial charge in [0.05, 0.1) is 25.0 Å². The molecule has 0 spiro atoms. The van der Waals surface area contributed by atoms with E-state index < -0.39 is 5.41 Å². The lowest BCUT2D eigenvalue weighted by Crippen LogP contribution is -2.38. The maximum Gasteiger partial charge on any atom is 0.144 e. The standard InChI is InChI=1S/C15H17NO2/c1-10-8-14(17)15(2,6-7-16)13-9-11(18-3)4-5-12(10)13/h4-5,9-10H,6,8H2,1-3H3. The molecule has 0 saturated carbocycles. The Hall–Kier alpha value is -1.82. The third-order valence-electron chi connectivity index (χ3n) is 3.93. The summed E-state index contributed by atoms with van der Waals surface area (Å²) < 4.78 is 5.23. The maximum atomic E-state index is 12.3. The van der Waals surface area contributed by atoms with Crippen LogP contribution in [0.25, 0.3) is 0 Å². The van der Waals surface area contributed by atoms with Crippen LogP contribution in [0.3, 0.4) is 0 Å². The van der Waals surface area contributed by atoms with Gasteiger partial charge in [-0.3, -0.25) is 4.79 Å². The Bertz CT molecular complexity index is 530. The number of carbonyl (C=O) groups is 1. The molecule has 0 amide bonds. The van der Waals surface area contributed by atoms with E-state index in [9.17, 15) is 4.79 Å². The van der Waals surface area contributed by atoms with Crippen molar-refractivity contribution in [1.82, 2.24) is 0 Å². The molecule has 0 heterocycles. The SMILES string of the molecule is COc1ccc2c(c1)C(C)(CC#N)C(=O)CC2C. The number of benzene rings is 1. The third kappa shape index (κ3) is 1.78. The van der Waals surface area contributed by atoms with Crippen LogP contribution < -0.4 is 4.74 Å². The molecule has 1 aromatic carbocycles. The number of fused-ring (bicyclic) bond motifs is 1. The normalized spacial score (nSPS) is 26.3. The summed E-state index contributed by atoms with van der Waals surface area (Å²) in [7, 11) is 1.61. The van der Waals surface area contributed by atoms with Gasteiger partial charge >= 0.3 is 0 Å². The molecule has 3 nitrogen and oxygen atoms in total. The highest BCUT2D eigenvalue weighted by Gasteiger charge is 2.41. The zero-order valence-corrected chi connectivity index (χ0v) is 11.0. The van der Waals surface area contributed by atoms with E-state index in [-0.39, 0.29) is 18.1 Å². The highest BCUT2D eigenvalue weighted by Crippen LogP contribution is 2.43. The van der Waals surface area contributed by atoms with E-state index in [1.54, 1.807) is 7.11 Å². The van der Waals surface area contributed by atoms with Crippen molar-refractivity contribution in [1.29, 1.82) is 5.26 Å². The summed E-state index contributed by atoms with van der Waals surface area (Å²) in [6.45, 7) is 3.91. The number of nitriles is 1. The van der Waals surface area contributed by atoms with Crippen molar-refractivity contribution in [2.24, 2.45) is 0 Å². The van der Waals surface area contributed by atoms with Crippen molar-refractivity contribution < 1.29 is 9.53 Å². The fraction of sp³-hybridized carbons (Fsp3) is 0.467. The van der Waals surface area contributed by atoms with E-state index >= 15 is 0 Å². The van der Waals surface area contributed by atoms with E-state index in [2.05, 4.69) is 13.0 Å². The van der Waals surface area contributed by atoms with Gasteiger partial charge in [-0.1, -0.05) is 13.0 Å². The van der Waals surface area contributed by atoms with Crippen LogP contribution in [0.4, 0.5) is 0 Å². The molecule has 0 aromatic heterocycles. The molecule has 1 aromatic rings. The summed E-state index contributed by atoms with van der Waals surface area (Å²) in [6.07, 6.45) is 0.732. The summed E-state index contributed by atoms with van der Waals surface area (Å²) in [5, 5.41) is 8.99. The molecule has 2 atom stereocenters. The number of hydrogen-bond acceptors (Lipinski definition) is 3. The van der Waals surface area contributed by atoms with E-state index in [1.807, 2.05) is 25.1 Å². The van der Waals surface area contributed by atoms with E-state index in [1.165, 1.54) is 0 Å². The molecule has 3 heteroatoms. The van der Waals surface area contributed by atoms with Crippen LogP contribution in [0.2, 0.25) is 0 Å². The monoisotopic (exact) mass is 243 g/mol. The zero-order valence-electron chi connectivity index (χ0n) is 11.0. The Labute approximate surface area is 107 Å². The maximum absolute atomic E-state index is 12.3.